The maximum atomic E-state index is 10.6. The molecule has 0 aromatic heterocycles. The Morgan fingerprint density at radius 2 is 2.25 bits per heavy atom. The highest BCUT2D eigenvalue weighted by atomic mass is 16.5. The van der Waals surface area contributed by atoms with Crippen molar-refractivity contribution < 1.29 is 24.9 Å². The van der Waals surface area contributed by atoms with Crippen molar-refractivity contribution in [1.82, 2.24) is 5.32 Å². The van der Waals surface area contributed by atoms with E-state index in [0.717, 1.165) is 0 Å². The van der Waals surface area contributed by atoms with Crippen molar-refractivity contribution in [2.24, 2.45) is 4.99 Å². The van der Waals surface area contributed by atoms with Gasteiger partial charge in [0.25, 0.3) is 0 Å². The van der Waals surface area contributed by atoms with Gasteiger partial charge in [-0.3, -0.25) is 9.79 Å². The number of carboxylic acids is 1. The molecule has 112 valence electrons. The highest BCUT2D eigenvalue weighted by Gasteiger charge is 2.37. The zero-order valence-corrected chi connectivity index (χ0v) is 11.6. The minimum atomic E-state index is -1.37. The van der Waals surface area contributed by atoms with E-state index in [-0.39, 0.29) is 19.4 Å². The summed E-state index contributed by atoms with van der Waals surface area (Å²) in [6, 6.07) is 0. The summed E-state index contributed by atoms with van der Waals surface area (Å²) in [6.45, 7) is 1.04. The van der Waals surface area contributed by atoms with Gasteiger partial charge >= 0.3 is 5.97 Å². The Morgan fingerprint density at radius 3 is 2.75 bits per heavy atom. The molecule has 0 heterocycles. The number of nitrogens with zero attached hydrogens (tertiary/aromatic N) is 1. The third-order valence-electron chi connectivity index (χ3n) is 2.87. The van der Waals surface area contributed by atoms with Crippen LogP contribution in [0.15, 0.2) is 28.7 Å². The van der Waals surface area contributed by atoms with Gasteiger partial charge in [-0.25, -0.2) is 0 Å². The molecule has 20 heavy (non-hydrogen) atoms. The van der Waals surface area contributed by atoms with Crippen molar-refractivity contribution >= 4 is 11.7 Å². The van der Waals surface area contributed by atoms with Crippen molar-refractivity contribution in [3.05, 3.63) is 23.7 Å². The summed E-state index contributed by atoms with van der Waals surface area (Å²) in [5, 5.41) is 31.0. The number of ether oxygens (including phenoxy) is 1. The van der Waals surface area contributed by atoms with Crippen LogP contribution in [0.4, 0.5) is 0 Å². The Kier molecular flexibility index (Phi) is 5.72. The van der Waals surface area contributed by atoms with Crippen molar-refractivity contribution in [3.8, 4) is 0 Å². The second kappa shape index (κ2) is 7.06. The SMILES string of the molecule is C/C=C/N=C1\CC(O)(CO)CC(NCC(=O)O)=C1OC. The van der Waals surface area contributed by atoms with Crippen LogP contribution in [0.2, 0.25) is 0 Å². The van der Waals surface area contributed by atoms with Gasteiger partial charge in [0, 0.05) is 19.0 Å². The van der Waals surface area contributed by atoms with Crippen LogP contribution in [0, 0.1) is 0 Å². The van der Waals surface area contributed by atoms with E-state index in [4.69, 9.17) is 9.84 Å². The predicted molar refractivity (Wildman–Crippen MR) is 73.2 cm³/mol. The molecule has 1 aliphatic rings. The highest BCUT2D eigenvalue weighted by molar-refractivity contribution is 6.01. The molecule has 1 unspecified atom stereocenters. The normalized spacial score (nSPS) is 25.3. The fraction of sp³-hybridized carbons (Fsp3) is 0.538. The molecular formula is C13H20N2O5. The standard InChI is InChI=1S/C13H20N2O5/c1-3-4-14-9-5-13(19,8-16)6-10(12(9)20-2)15-7-11(17)18/h3-4,15-16,19H,5-8H2,1-2H3,(H,17,18)/b4-3+,14-9+. The van der Waals surface area contributed by atoms with Crippen LogP contribution >= 0.6 is 0 Å². The summed E-state index contributed by atoms with van der Waals surface area (Å²) in [5.74, 6) is -0.625. The van der Waals surface area contributed by atoms with E-state index in [9.17, 15) is 15.0 Å². The number of aliphatic imine (C=N–C) groups is 1. The third kappa shape index (κ3) is 4.07. The van der Waals surface area contributed by atoms with Crippen molar-refractivity contribution in [1.29, 1.82) is 0 Å². The minimum absolute atomic E-state index is 0.0782. The maximum absolute atomic E-state index is 10.6. The van der Waals surface area contributed by atoms with E-state index >= 15 is 0 Å². The van der Waals surface area contributed by atoms with Crippen molar-refractivity contribution in [2.75, 3.05) is 20.3 Å². The van der Waals surface area contributed by atoms with Gasteiger partial charge in [-0.05, 0) is 6.92 Å². The Morgan fingerprint density at radius 1 is 1.55 bits per heavy atom. The van der Waals surface area contributed by atoms with Crippen LogP contribution in [-0.2, 0) is 9.53 Å². The maximum Gasteiger partial charge on any atom is 0.322 e. The van der Waals surface area contributed by atoms with E-state index in [1.807, 2.05) is 0 Å². The molecule has 7 nitrogen and oxygen atoms in total. The van der Waals surface area contributed by atoms with Gasteiger partial charge in [-0.2, -0.15) is 0 Å². The summed E-state index contributed by atoms with van der Waals surface area (Å²) in [6.07, 6.45) is 3.48. The quantitative estimate of drug-likeness (QED) is 0.547. The van der Waals surface area contributed by atoms with Crippen LogP contribution in [0.5, 0.6) is 0 Å². The third-order valence-corrected chi connectivity index (χ3v) is 2.87. The number of allylic oxidation sites excluding steroid dienone is 2. The monoisotopic (exact) mass is 284 g/mol. The molecule has 1 rings (SSSR count). The van der Waals surface area contributed by atoms with E-state index in [1.54, 1.807) is 19.2 Å². The van der Waals surface area contributed by atoms with E-state index in [0.29, 0.717) is 17.2 Å². The molecule has 0 saturated heterocycles. The molecule has 7 heteroatoms. The number of aliphatic hydroxyl groups is 2. The lowest BCUT2D eigenvalue weighted by Crippen LogP contribution is -2.43. The Labute approximate surface area is 117 Å². The summed E-state index contributed by atoms with van der Waals surface area (Å²) in [4.78, 5) is 14.8. The summed E-state index contributed by atoms with van der Waals surface area (Å²) < 4.78 is 5.25. The van der Waals surface area contributed by atoms with Gasteiger partial charge in [0.2, 0.25) is 0 Å². The average molecular weight is 284 g/mol. The van der Waals surface area contributed by atoms with Gasteiger partial charge in [0.05, 0.1) is 30.7 Å². The first-order valence-corrected chi connectivity index (χ1v) is 6.20. The molecule has 4 N–H and O–H groups in total. The smallest absolute Gasteiger partial charge is 0.322 e. The summed E-state index contributed by atoms with van der Waals surface area (Å²) >= 11 is 0. The van der Waals surface area contributed by atoms with Gasteiger partial charge in [0.1, 0.15) is 6.54 Å². The molecule has 0 amide bonds. The van der Waals surface area contributed by atoms with Crippen LogP contribution in [0.3, 0.4) is 0 Å². The van der Waals surface area contributed by atoms with Crippen LogP contribution in [0.25, 0.3) is 0 Å². The average Bonchev–Trinajstić information content (AvgIpc) is 2.42. The lowest BCUT2D eigenvalue weighted by molar-refractivity contribution is -0.135. The molecule has 0 radical (unpaired) electrons. The number of hydrogen-bond acceptors (Lipinski definition) is 6. The molecule has 1 atom stereocenters. The lowest BCUT2D eigenvalue weighted by Gasteiger charge is -2.33. The van der Waals surface area contributed by atoms with E-state index in [2.05, 4.69) is 10.3 Å². The van der Waals surface area contributed by atoms with Crippen LogP contribution in [0.1, 0.15) is 19.8 Å². The first-order chi connectivity index (χ1) is 9.45. The van der Waals surface area contributed by atoms with Crippen LogP contribution in [-0.4, -0.2) is 52.9 Å². The molecule has 0 aliphatic heterocycles. The van der Waals surface area contributed by atoms with Crippen molar-refractivity contribution in [3.63, 3.8) is 0 Å². The largest absolute Gasteiger partial charge is 0.493 e. The Balaban J connectivity index is 3.14. The van der Waals surface area contributed by atoms with Crippen molar-refractivity contribution in [2.45, 2.75) is 25.4 Å². The minimum Gasteiger partial charge on any atom is -0.493 e. The molecule has 0 aromatic carbocycles. The van der Waals surface area contributed by atoms with Gasteiger partial charge < -0.3 is 25.4 Å². The fourth-order valence-electron chi connectivity index (χ4n) is 1.98. The molecule has 0 bridgehead atoms. The molecule has 0 fully saturated rings. The molecular weight excluding hydrogens is 264 g/mol. The number of hydrogen-bond donors (Lipinski definition) is 4. The highest BCUT2D eigenvalue weighted by Crippen LogP contribution is 2.30. The Hall–Kier alpha value is -1.86. The van der Waals surface area contributed by atoms with E-state index in [1.165, 1.54) is 7.11 Å². The number of methoxy groups -OCH3 is 1. The number of carbonyl (C=O) groups is 1. The molecule has 0 spiro atoms. The zero-order chi connectivity index (χ0) is 15.2. The molecule has 0 aromatic rings. The number of aliphatic hydroxyl groups excluding tert-OH is 1. The van der Waals surface area contributed by atoms with Crippen LogP contribution < -0.4 is 5.32 Å². The molecule has 0 saturated carbocycles. The number of carboxylic acid groups (broad SMARTS) is 1. The number of aliphatic carboxylic acids is 1. The summed E-state index contributed by atoms with van der Waals surface area (Å²) in [7, 11) is 1.45. The second-order valence-electron chi connectivity index (χ2n) is 4.55. The zero-order valence-electron chi connectivity index (χ0n) is 11.6. The fourth-order valence-corrected chi connectivity index (χ4v) is 1.98. The summed E-state index contributed by atoms with van der Waals surface area (Å²) in [5.41, 5.74) is -0.495. The Bertz CT molecular complexity index is 456. The second-order valence-corrected chi connectivity index (χ2v) is 4.55. The lowest BCUT2D eigenvalue weighted by atomic mass is 9.85. The van der Waals surface area contributed by atoms with Gasteiger partial charge in [0.15, 0.2) is 5.76 Å². The van der Waals surface area contributed by atoms with Gasteiger partial charge in [-0.1, -0.05) is 6.08 Å². The van der Waals surface area contributed by atoms with Gasteiger partial charge in [-0.15, -0.1) is 0 Å². The topological polar surface area (TPSA) is 111 Å². The number of nitrogens with one attached hydrogen (secondary N) is 1. The number of rotatable bonds is 6. The molecule has 1 aliphatic carbocycles. The first kappa shape index (κ1) is 16.2. The first-order valence-electron chi connectivity index (χ1n) is 6.20. The van der Waals surface area contributed by atoms with E-state index < -0.39 is 18.2 Å². The predicted octanol–water partition coefficient (Wildman–Crippen LogP) is 0.0104.